The molecule has 8 nitrogen and oxygen atoms in total. The minimum absolute atomic E-state index is 0.00340. The average molecular weight is 572 g/mol. The van der Waals surface area contributed by atoms with Crippen LogP contribution in [0.25, 0.3) is 11.3 Å². The van der Waals surface area contributed by atoms with Crippen molar-refractivity contribution >= 4 is 27.5 Å². The van der Waals surface area contributed by atoms with Gasteiger partial charge in [0, 0.05) is 22.0 Å². The lowest BCUT2D eigenvalue weighted by atomic mass is 9.80. The summed E-state index contributed by atoms with van der Waals surface area (Å²) < 4.78 is 23.2. The number of amides is 1. The fourth-order valence-electron chi connectivity index (χ4n) is 5.76. The molecule has 2 saturated carbocycles. The SMILES string of the molecule is C=S(=O)(NC(C)(C)C)c1ccc(-c2oc(C(=O)NC3CC(C(=O)O)C3)nc2CC2CCCCC2)cc1C(C)(C)C. The number of carboxylic acids is 1. The van der Waals surface area contributed by atoms with Crippen molar-refractivity contribution in [3.63, 3.8) is 0 Å². The van der Waals surface area contributed by atoms with Crippen LogP contribution in [0.3, 0.4) is 0 Å². The van der Waals surface area contributed by atoms with E-state index in [0.717, 1.165) is 36.1 Å². The lowest BCUT2D eigenvalue weighted by Gasteiger charge is -2.32. The summed E-state index contributed by atoms with van der Waals surface area (Å²) in [5.74, 6) is 3.43. The molecule has 220 valence electrons. The van der Waals surface area contributed by atoms with Crippen LogP contribution in [0.15, 0.2) is 27.5 Å². The van der Waals surface area contributed by atoms with E-state index in [4.69, 9.17) is 9.52 Å². The van der Waals surface area contributed by atoms with Crippen LogP contribution in [0.2, 0.25) is 0 Å². The topological polar surface area (TPSA) is 122 Å². The quantitative estimate of drug-likeness (QED) is 0.348. The van der Waals surface area contributed by atoms with E-state index in [-0.39, 0.29) is 17.3 Å². The van der Waals surface area contributed by atoms with Crippen LogP contribution in [0, 0.1) is 11.8 Å². The molecule has 1 amide bonds. The third-order valence-corrected chi connectivity index (χ3v) is 9.81. The predicted molar refractivity (Wildman–Crippen MR) is 159 cm³/mol. The molecule has 2 aliphatic carbocycles. The molecule has 1 atom stereocenters. The lowest BCUT2D eigenvalue weighted by Crippen LogP contribution is -2.46. The highest BCUT2D eigenvalue weighted by atomic mass is 32.2. The number of aromatic nitrogens is 1. The number of nitrogens with one attached hydrogen (secondary N) is 2. The highest BCUT2D eigenvalue weighted by Gasteiger charge is 2.36. The van der Waals surface area contributed by atoms with Gasteiger partial charge < -0.3 is 14.8 Å². The molecule has 0 saturated heterocycles. The second-order valence-electron chi connectivity index (χ2n) is 13.7. The lowest BCUT2D eigenvalue weighted by molar-refractivity contribution is -0.145. The van der Waals surface area contributed by atoms with Gasteiger partial charge in [-0.05, 0) is 81.0 Å². The molecule has 3 N–H and O–H groups in total. The zero-order valence-electron chi connectivity index (χ0n) is 24.8. The van der Waals surface area contributed by atoms with Crippen molar-refractivity contribution in [1.82, 2.24) is 15.0 Å². The van der Waals surface area contributed by atoms with E-state index in [1.54, 1.807) is 0 Å². The number of aliphatic carboxylic acids is 1. The highest BCUT2D eigenvalue weighted by Crippen LogP contribution is 2.37. The number of nitrogens with zero attached hydrogens (tertiary/aromatic N) is 1. The molecule has 1 aromatic heterocycles. The summed E-state index contributed by atoms with van der Waals surface area (Å²) in [5, 5.41) is 12.0. The average Bonchev–Trinajstić information content (AvgIpc) is 3.22. The van der Waals surface area contributed by atoms with Crippen LogP contribution in [0.1, 0.15) is 108 Å². The van der Waals surface area contributed by atoms with E-state index in [9.17, 15) is 13.8 Å². The summed E-state index contributed by atoms with van der Waals surface area (Å²) in [4.78, 5) is 29.6. The van der Waals surface area contributed by atoms with Crippen molar-refractivity contribution in [3.05, 3.63) is 35.3 Å². The molecule has 2 fully saturated rings. The molecule has 1 aromatic carbocycles. The maximum Gasteiger partial charge on any atom is 0.307 e. The largest absolute Gasteiger partial charge is 0.481 e. The second kappa shape index (κ2) is 11.3. The van der Waals surface area contributed by atoms with Crippen LogP contribution < -0.4 is 10.0 Å². The molecule has 9 heteroatoms. The van der Waals surface area contributed by atoms with Crippen LogP contribution in [-0.2, 0) is 26.3 Å². The molecular weight excluding hydrogens is 526 g/mol. The number of carboxylic acid groups (broad SMARTS) is 1. The van der Waals surface area contributed by atoms with Crippen LogP contribution in [0.5, 0.6) is 0 Å². The molecular formula is C31H45N3O5S. The van der Waals surface area contributed by atoms with Crippen molar-refractivity contribution in [1.29, 1.82) is 0 Å². The van der Waals surface area contributed by atoms with E-state index < -0.39 is 33.0 Å². The number of hydrogen-bond donors (Lipinski definition) is 3. The van der Waals surface area contributed by atoms with Crippen molar-refractivity contribution in [3.8, 4) is 11.3 Å². The summed E-state index contributed by atoms with van der Waals surface area (Å²) in [7, 11) is -2.79. The molecule has 2 aliphatic rings. The molecule has 0 bridgehead atoms. The molecule has 2 aromatic rings. The Kier molecular flexibility index (Phi) is 8.58. The highest BCUT2D eigenvalue weighted by molar-refractivity contribution is 7.98. The standard InChI is InChI=1S/C31H45N3O5S/c1-30(2,3)23-18-20(13-14-25(23)40(7,38)34-31(4,5)6)26-24(15-19-11-9-8-10-12-19)33-28(39-26)27(35)32-22-16-21(17-22)29(36)37/h13-14,18-19,21-22H,7-12,15-17H2,1-6H3,(H,32,35)(H,34,38)(H,36,37). The fraction of sp³-hybridized carbons (Fsp3) is 0.613. The smallest absolute Gasteiger partial charge is 0.307 e. The molecule has 0 spiro atoms. The summed E-state index contributed by atoms with van der Waals surface area (Å²) in [5.41, 5.74) is 1.70. The monoisotopic (exact) mass is 571 g/mol. The van der Waals surface area contributed by atoms with E-state index >= 15 is 0 Å². The predicted octanol–water partition coefficient (Wildman–Crippen LogP) is 5.73. The number of hydrogen-bond acceptors (Lipinski definition) is 5. The van der Waals surface area contributed by atoms with Crippen LogP contribution in [0.4, 0.5) is 0 Å². The third kappa shape index (κ3) is 7.16. The molecule has 4 rings (SSSR count). The number of carbonyl (C=O) groups is 2. The fourth-order valence-corrected chi connectivity index (χ4v) is 7.86. The van der Waals surface area contributed by atoms with Gasteiger partial charge in [0.2, 0.25) is 0 Å². The van der Waals surface area contributed by atoms with Gasteiger partial charge in [0.1, 0.15) is 0 Å². The normalized spacial score (nSPS) is 21.9. The van der Waals surface area contributed by atoms with Crippen molar-refractivity contribution in [2.45, 2.75) is 115 Å². The van der Waals surface area contributed by atoms with Gasteiger partial charge in [-0.3, -0.25) is 9.59 Å². The molecule has 1 unspecified atom stereocenters. The summed E-state index contributed by atoms with van der Waals surface area (Å²) in [6, 6.07) is 5.55. The zero-order valence-corrected chi connectivity index (χ0v) is 25.6. The Labute approximate surface area is 238 Å². The van der Waals surface area contributed by atoms with Gasteiger partial charge in [-0.2, -0.15) is 0 Å². The van der Waals surface area contributed by atoms with Gasteiger partial charge in [0.15, 0.2) is 5.76 Å². The number of carbonyl (C=O) groups excluding carboxylic acids is 1. The molecule has 0 aliphatic heterocycles. The van der Waals surface area contributed by atoms with E-state index in [2.05, 4.69) is 41.7 Å². The van der Waals surface area contributed by atoms with Gasteiger partial charge >= 0.3 is 11.9 Å². The Balaban J connectivity index is 1.71. The maximum atomic E-state index is 13.8. The summed E-state index contributed by atoms with van der Waals surface area (Å²) in [6.07, 6.45) is 7.43. The minimum Gasteiger partial charge on any atom is -0.481 e. The minimum atomic E-state index is -2.79. The zero-order chi connectivity index (χ0) is 29.5. The van der Waals surface area contributed by atoms with Crippen LogP contribution >= 0.6 is 0 Å². The number of benzene rings is 1. The second-order valence-corrected chi connectivity index (χ2v) is 15.7. The summed E-state index contributed by atoms with van der Waals surface area (Å²) in [6.45, 7) is 12.1. The number of oxazole rings is 1. The van der Waals surface area contributed by atoms with Gasteiger partial charge in [-0.1, -0.05) is 52.9 Å². The Morgan fingerprint density at radius 1 is 1.10 bits per heavy atom. The van der Waals surface area contributed by atoms with E-state index in [0.29, 0.717) is 29.4 Å². The summed E-state index contributed by atoms with van der Waals surface area (Å²) >= 11 is 0. The molecule has 1 heterocycles. The number of rotatable bonds is 8. The Morgan fingerprint density at radius 2 is 1.75 bits per heavy atom. The van der Waals surface area contributed by atoms with Crippen molar-refractivity contribution < 1.29 is 23.3 Å². The first-order valence-corrected chi connectivity index (χ1v) is 16.1. The van der Waals surface area contributed by atoms with Crippen LogP contribution in [-0.4, -0.2) is 43.6 Å². The Hall–Kier alpha value is -2.65. The van der Waals surface area contributed by atoms with Gasteiger partial charge in [-0.15, -0.1) is 0 Å². The maximum absolute atomic E-state index is 13.8. The first-order valence-electron chi connectivity index (χ1n) is 14.4. The van der Waals surface area contributed by atoms with E-state index in [1.165, 1.54) is 19.3 Å². The Morgan fingerprint density at radius 3 is 2.33 bits per heavy atom. The first kappa shape index (κ1) is 30.3. The first-order chi connectivity index (χ1) is 18.5. The molecule has 40 heavy (non-hydrogen) atoms. The Bertz CT molecular complexity index is 1350. The molecule has 0 radical (unpaired) electrons. The van der Waals surface area contributed by atoms with E-state index in [1.807, 2.05) is 39.0 Å². The van der Waals surface area contributed by atoms with Crippen molar-refractivity contribution in [2.24, 2.45) is 11.8 Å². The van der Waals surface area contributed by atoms with Gasteiger partial charge in [-0.25, -0.2) is 13.9 Å². The third-order valence-electron chi connectivity index (χ3n) is 7.80. The van der Waals surface area contributed by atoms with Gasteiger partial charge in [0.05, 0.1) is 21.3 Å². The van der Waals surface area contributed by atoms with Gasteiger partial charge in [0.25, 0.3) is 5.89 Å². The van der Waals surface area contributed by atoms with Crippen molar-refractivity contribution in [2.75, 3.05) is 0 Å².